The summed E-state index contributed by atoms with van der Waals surface area (Å²) in [5.41, 5.74) is 1.92. The van der Waals surface area contributed by atoms with Crippen LogP contribution in [0.25, 0.3) is 0 Å². The van der Waals surface area contributed by atoms with Crippen LogP contribution in [0.15, 0.2) is 24.3 Å². The molecule has 0 saturated carbocycles. The zero-order valence-corrected chi connectivity index (χ0v) is 10.1. The van der Waals surface area contributed by atoms with E-state index in [1.165, 1.54) is 7.11 Å². The topological polar surface area (TPSA) is 38.8 Å². The first kappa shape index (κ1) is 12.1. The van der Waals surface area contributed by atoms with Gasteiger partial charge < -0.3 is 14.4 Å². The van der Waals surface area contributed by atoms with Gasteiger partial charge in [-0.25, -0.2) is 0 Å². The number of benzene rings is 1. The Morgan fingerprint density at radius 1 is 1.41 bits per heavy atom. The molecule has 0 bridgehead atoms. The van der Waals surface area contributed by atoms with E-state index < -0.39 is 6.10 Å². The number of nitrogens with zero attached hydrogens (tertiary/aromatic N) is 1. The highest BCUT2D eigenvalue weighted by atomic mass is 16.5. The van der Waals surface area contributed by atoms with Crippen molar-refractivity contribution >= 4 is 12.0 Å². The van der Waals surface area contributed by atoms with E-state index in [9.17, 15) is 4.79 Å². The van der Waals surface area contributed by atoms with E-state index in [2.05, 4.69) is 4.90 Å². The summed E-state index contributed by atoms with van der Waals surface area (Å²) in [5, 5.41) is 0. The first-order chi connectivity index (χ1) is 8.28. The van der Waals surface area contributed by atoms with Gasteiger partial charge in [0.15, 0.2) is 0 Å². The van der Waals surface area contributed by atoms with Crippen molar-refractivity contribution in [1.29, 1.82) is 0 Å². The maximum atomic E-state index is 10.7. The monoisotopic (exact) mass is 234 g/mol. The zero-order valence-electron chi connectivity index (χ0n) is 10.1. The second-order valence-electron chi connectivity index (χ2n) is 4.09. The molecule has 17 heavy (non-hydrogen) atoms. The van der Waals surface area contributed by atoms with Crippen molar-refractivity contribution in [2.24, 2.45) is 0 Å². The van der Waals surface area contributed by atoms with E-state index in [1.807, 2.05) is 30.6 Å². The van der Waals surface area contributed by atoms with Gasteiger partial charge in [0.25, 0.3) is 0 Å². The van der Waals surface area contributed by atoms with Crippen molar-refractivity contribution < 1.29 is 14.3 Å². The van der Waals surface area contributed by atoms with E-state index in [1.54, 1.807) is 7.11 Å². The molecule has 0 N–H and O–H groups in total. The minimum Gasteiger partial charge on any atom is -0.378 e. The third-order valence-electron chi connectivity index (χ3n) is 3.06. The van der Waals surface area contributed by atoms with Gasteiger partial charge in [-0.1, -0.05) is 12.1 Å². The Hall–Kier alpha value is -1.39. The van der Waals surface area contributed by atoms with Crippen LogP contribution in [0.4, 0.5) is 5.69 Å². The van der Waals surface area contributed by atoms with Gasteiger partial charge in [0.2, 0.25) is 6.29 Å². The van der Waals surface area contributed by atoms with Gasteiger partial charge >= 0.3 is 0 Å². The Kier molecular flexibility index (Phi) is 3.76. The molecule has 1 aromatic carbocycles. The Bertz CT molecular complexity index is 388. The molecule has 0 aliphatic carbocycles. The maximum absolute atomic E-state index is 10.7. The summed E-state index contributed by atoms with van der Waals surface area (Å²) in [6, 6.07) is 7.78. The lowest BCUT2D eigenvalue weighted by atomic mass is 10.1. The molecule has 1 atom stereocenters. The number of anilines is 1. The van der Waals surface area contributed by atoms with E-state index in [0.717, 1.165) is 24.3 Å². The smallest absolute Gasteiger partial charge is 0.234 e. The molecule has 1 unspecified atom stereocenters. The minimum absolute atomic E-state index is 0.314. The molecule has 91 valence electrons. The highest BCUT2D eigenvalue weighted by Gasteiger charge is 2.26. The fourth-order valence-corrected chi connectivity index (χ4v) is 1.93. The fraction of sp³-hybridized carbons (Fsp3) is 0.462. The van der Waals surface area contributed by atoms with Crippen molar-refractivity contribution in [1.82, 2.24) is 0 Å². The van der Waals surface area contributed by atoms with Gasteiger partial charge in [0.1, 0.15) is 6.10 Å². The third-order valence-corrected chi connectivity index (χ3v) is 3.06. The van der Waals surface area contributed by atoms with Crippen LogP contribution in [0.2, 0.25) is 0 Å². The molecule has 0 aromatic heterocycles. The van der Waals surface area contributed by atoms with Crippen LogP contribution in [0, 0.1) is 0 Å². The molecule has 4 heteroatoms. The minimum atomic E-state index is -0.602. The summed E-state index contributed by atoms with van der Waals surface area (Å²) in [6.45, 7) is 1.78. The van der Waals surface area contributed by atoms with E-state index in [-0.39, 0.29) is 0 Å². The Balaban J connectivity index is 2.09. The van der Waals surface area contributed by atoms with E-state index >= 15 is 0 Å². The van der Waals surface area contributed by atoms with Crippen LogP contribution >= 0.6 is 0 Å². The van der Waals surface area contributed by atoms with Gasteiger partial charge in [0, 0.05) is 33.0 Å². The molecule has 1 aromatic rings. The summed E-state index contributed by atoms with van der Waals surface area (Å²) in [7, 11) is 3.23. The molecule has 1 fully saturated rings. The Labute approximate surface area is 101 Å². The number of carbonyl (C=O) groups excluding carboxylic acids is 1. The first-order valence-corrected chi connectivity index (χ1v) is 5.56. The molecule has 1 radical (unpaired) electrons. The third kappa shape index (κ3) is 2.48. The Morgan fingerprint density at radius 3 is 2.76 bits per heavy atom. The molecule has 0 spiro atoms. The van der Waals surface area contributed by atoms with Gasteiger partial charge in [-0.15, -0.1) is 0 Å². The second-order valence-corrected chi connectivity index (χ2v) is 4.09. The van der Waals surface area contributed by atoms with Gasteiger partial charge in [-0.3, -0.25) is 4.79 Å². The number of hydrogen-bond acceptors (Lipinski definition) is 4. The average Bonchev–Trinajstić information content (AvgIpc) is 2.30. The summed E-state index contributed by atoms with van der Waals surface area (Å²) in [5.74, 6) is 0. The predicted octanol–water partition coefficient (Wildman–Crippen LogP) is 1.32. The van der Waals surface area contributed by atoms with Crippen LogP contribution in [-0.2, 0) is 14.3 Å². The maximum Gasteiger partial charge on any atom is 0.234 e. The molecular formula is C13H16NO3. The summed E-state index contributed by atoms with van der Waals surface area (Å²) < 4.78 is 10.3. The van der Waals surface area contributed by atoms with E-state index in [4.69, 9.17) is 9.47 Å². The van der Waals surface area contributed by atoms with Crippen LogP contribution in [0.3, 0.4) is 0 Å². The van der Waals surface area contributed by atoms with Crippen LogP contribution in [0.1, 0.15) is 11.7 Å². The number of methoxy groups -OCH3 is 2. The lowest BCUT2D eigenvalue weighted by Crippen LogP contribution is -2.51. The molecule has 4 nitrogen and oxygen atoms in total. The quantitative estimate of drug-likeness (QED) is 0.770. The normalized spacial score (nSPS) is 17.6. The summed E-state index contributed by atoms with van der Waals surface area (Å²) in [4.78, 5) is 12.9. The first-order valence-electron chi connectivity index (χ1n) is 5.56. The number of hydrogen-bond donors (Lipinski definition) is 0. The molecule has 1 aliphatic heterocycles. The van der Waals surface area contributed by atoms with Crippen molar-refractivity contribution in [2.75, 3.05) is 32.2 Å². The van der Waals surface area contributed by atoms with Gasteiger partial charge in [-0.05, 0) is 17.7 Å². The lowest BCUT2D eigenvalue weighted by Gasteiger charge is -2.40. The van der Waals surface area contributed by atoms with Crippen molar-refractivity contribution in [3.8, 4) is 0 Å². The molecular weight excluding hydrogens is 218 g/mol. The lowest BCUT2D eigenvalue weighted by molar-refractivity contribution is 0.0787. The molecule has 0 amide bonds. The van der Waals surface area contributed by atoms with Crippen LogP contribution in [0.5, 0.6) is 0 Å². The second kappa shape index (κ2) is 5.29. The molecule has 1 heterocycles. The molecule has 1 saturated heterocycles. The summed E-state index contributed by atoms with van der Waals surface area (Å²) >= 11 is 0. The fourth-order valence-electron chi connectivity index (χ4n) is 1.93. The van der Waals surface area contributed by atoms with Crippen LogP contribution in [-0.4, -0.2) is 39.7 Å². The standard InChI is InChI=1S/C13H16NO3/c1-16-12-7-14(8-12)11-5-3-4-10(6-11)13(9-15)17-2/h3-6,12-13H,7-8H2,1-2H3. The largest absolute Gasteiger partial charge is 0.378 e. The van der Waals surface area contributed by atoms with Crippen molar-refractivity contribution in [3.05, 3.63) is 29.8 Å². The van der Waals surface area contributed by atoms with Crippen molar-refractivity contribution in [3.63, 3.8) is 0 Å². The SMILES string of the molecule is COC1CN(c2cccc(C([C]=O)OC)c2)C1. The average molecular weight is 234 g/mol. The highest BCUT2D eigenvalue weighted by Crippen LogP contribution is 2.25. The molecule has 1 aliphatic rings. The zero-order chi connectivity index (χ0) is 12.3. The number of rotatable bonds is 5. The van der Waals surface area contributed by atoms with Gasteiger partial charge in [0.05, 0.1) is 6.10 Å². The predicted molar refractivity (Wildman–Crippen MR) is 64.9 cm³/mol. The Morgan fingerprint density at radius 2 is 2.18 bits per heavy atom. The number of ether oxygens (including phenoxy) is 2. The molecule has 2 rings (SSSR count). The highest BCUT2D eigenvalue weighted by molar-refractivity contribution is 5.63. The van der Waals surface area contributed by atoms with Crippen molar-refractivity contribution in [2.45, 2.75) is 12.2 Å². The van der Waals surface area contributed by atoms with E-state index in [0.29, 0.717) is 6.10 Å². The van der Waals surface area contributed by atoms with Crippen LogP contribution < -0.4 is 4.90 Å². The van der Waals surface area contributed by atoms with Gasteiger partial charge in [-0.2, -0.15) is 0 Å². The summed E-state index contributed by atoms with van der Waals surface area (Å²) in [6.07, 6.45) is 1.59.